The van der Waals surface area contributed by atoms with Gasteiger partial charge in [0.25, 0.3) is 0 Å². The molecule has 0 aliphatic carbocycles. The maximum atomic E-state index is 4.40. The largest absolute Gasteiger partial charge is 0.370 e. The summed E-state index contributed by atoms with van der Waals surface area (Å²) in [5.74, 6) is 1.35. The molecule has 0 aliphatic rings. The Bertz CT molecular complexity index is 574. The van der Waals surface area contributed by atoms with E-state index in [1.165, 1.54) is 12.1 Å². The van der Waals surface area contributed by atoms with Crippen molar-refractivity contribution in [3.05, 3.63) is 30.2 Å². The minimum atomic E-state index is 0.424. The third-order valence-electron chi connectivity index (χ3n) is 3.66. The van der Waals surface area contributed by atoms with Gasteiger partial charge in [-0.15, -0.1) is 0 Å². The fraction of sp³-hybridized carbons (Fsp3) is 0.529. The minimum absolute atomic E-state index is 0.424. The lowest BCUT2D eigenvalue weighted by Gasteiger charge is -2.11. The van der Waals surface area contributed by atoms with Gasteiger partial charge in [0.2, 0.25) is 0 Å². The van der Waals surface area contributed by atoms with Crippen molar-refractivity contribution >= 4 is 5.82 Å². The zero-order valence-electron chi connectivity index (χ0n) is 14.1. The van der Waals surface area contributed by atoms with Gasteiger partial charge in [-0.1, -0.05) is 13.8 Å². The molecule has 0 bridgehead atoms. The summed E-state index contributed by atoms with van der Waals surface area (Å²) < 4.78 is 0. The quantitative estimate of drug-likeness (QED) is 0.734. The van der Waals surface area contributed by atoms with Gasteiger partial charge in [-0.25, -0.2) is 4.98 Å². The van der Waals surface area contributed by atoms with E-state index in [-0.39, 0.29) is 0 Å². The van der Waals surface area contributed by atoms with E-state index in [0.717, 1.165) is 36.5 Å². The summed E-state index contributed by atoms with van der Waals surface area (Å²) in [5, 5.41) is 10.7. The molecule has 120 valence electrons. The number of rotatable bonds is 8. The Hall–Kier alpha value is -1.88. The molecule has 0 aliphatic heterocycles. The summed E-state index contributed by atoms with van der Waals surface area (Å²) in [7, 11) is 4.21. The fourth-order valence-corrected chi connectivity index (χ4v) is 2.43. The summed E-state index contributed by atoms with van der Waals surface area (Å²) in [6.45, 7) is 6.42. The number of unbranched alkanes of at least 4 members (excludes halogenated alkanes) is 1. The van der Waals surface area contributed by atoms with Crippen LogP contribution in [0.4, 0.5) is 5.82 Å². The normalized spacial score (nSPS) is 11.4. The lowest BCUT2D eigenvalue weighted by atomic mass is 10.0. The Balaban J connectivity index is 1.97. The van der Waals surface area contributed by atoms with Crippen LogP contribution < -0.4 is 5.32 Å². The average Bonchev–Trinajstić information content (AvgIpc) is 2.96. The number of aromatic amines is 1. The van der Waals surface area contributed by atoms with Gasteiger partial charge >= 0.3 is 0 Å². The van der Waals surface area contributed by atoms with Gasteiger partial charge in [-0.2, -0.15) is 5.10 Å². The summed E-state index contributed by atoms with van der Waals surface area (Å²) in [6.07, 6.45) is 6.09. The van der Waals surface area contributed by atoms with E-state index in [9.17, 15) is 0 Å². The molecule has 0 unspecified atom stereocenters. The summed E-state index contributed by atoms with van der Waals surface area (Å²) in [6, 6.07) is 4.14. The van der Waals surface area contributed by atoms with E-state index in [1.807, 2.05) is 18.5 Å². The molecular formula is C17H27N5. The number of H-pyrrole nitrogens is 1. The number of anilines is 1. The van der Waals surface area contributed by atoms with E-state index >= 15 is 0 Å². The lowest BCUT2D eigenvalue weighted by molar-refractivity contribution is 0.396. The Labute approximate surface area is 133 Å². The summed E-state index contributed by atoms with van der Waals surface area (Å²) in [5.41, 5.74) is 3.49. The van der Waals surface area contributed by atoms with E-state index in [0.29, 0.717) is 5.92 Å². The molecule has 0 amide bonds. The number of nitrogens with zero attached hydrogens (tertiary/aromatic N) is 3. The van der Waals surface area contributed by atoms with Gasteiger partial charge in [-0.3, -0.25) is 5.10 Å². The number of aromatic nitrogens is 3. The molecule has 2 heterocycles. The van der Waals surface area contributed by atoms with Crippen LogP contribution in [0, 0.1) is 0 Å². The molecule has 2 N–H and O–H groups in total. The molecule has 0 fully saturated rings. The van der Waals surface area contributed by atoms with Gasteiger partial charge in [0.15, 0.2) is 0 Å². The Morgan fingerprint density at radius 1 is 1.27 bits per heavy atom. The Morgan fingerprint density at radius 3 is 2.82 bits per heavy atom. The standard InChI is InChI=1S/C17H27N5/c1-13(2)17-15(12-20-21-17)14-7-9-19-16(11-14)18-8-5-6-10-22(3)4/h7,9,11-13H,5-6,8,10H2,1-4H3,(H,18,19)(H,20,21). The van der Waals surface area contributed by atoms with E-state index in [4.69, 9.17) is 0 Å². The maximum Gasteiger partial charge on any atom is 0.126 e. The molecular weight excluding hydrogens is 274 g/mol. The monoisotopic (exact) mass is 301 g/mol. The maximum absolute atomic E-state index is 4.40. The molecule has 0 spiro atoms. The number of pyridine rings is 1. The second kappa shape index (κ2) is 7.94. The van der Waals surface area contributed by atoms with Crippen molar-refractivity contribution in [3.8, 4) is 11.1 Å². The minimum Gasteiger partial charge on any atom is -0.370 e. The van der Waals surface area contributed by atoms with E-state index in [1.54, 1.807) is 0 Å². The second-order valence-electron chi connectivity index (χ2n) is 6.22. The molecule has 0 radical (unpaired) electrons. The number of hydrogen-bond acceptors (Lipinski definition) is 4. The third-order valence-corrected chi connectivity index (χ3v) is 3.66. The number of hydrogen-bond donors (Lipinski definition) is 2. The molecule has 22 heavy (non-hydrogen) atoms. The van der Waals surface area contributed by atoms with E-state index < -0.39 is 0 Å². The highest BCUT2D eigenvalue weighted by atomic mass is 15.1. The molecule has 2 aromatic heterocycles. The summed E-state index contributed by atoms with van der Waals surface area (Å²) >= 11 is 0. The van der Waals surface area contributed by atoms with E-state index in [2.05, 4.69) is 59.4 Å². The smallest absolute Gasteiger partial charge is 0.126 e. The Kier molecular flexibility index (Phi) is 5.95. The predicted molar refractivity (Wildman–Crippen MR) is 92.2 cm³/mol. The zero-order valence-corrected chi connectivity index (χ0v) is 14.1. The molecule has 5 heteroatoms. The van der Waals surface area contributed by atoms with Crippen molar-refractivity contribution in [3.63, 3.8) is 0 Å². The van der Waals surface area contributed by atoms with Crippen LogP contribution in [0.15, 0.2) is 24.5 Å². The van der Waals surface area contributed by atoms with Crippen LogP contribution in [-0.2, 0) is 0 Å². The lowest BCUT2D eigenvalue weighted by Crippen LogP contribution is -2.14. The van der Waals surface area contributed by atoms with Crippen molar-refractivity contribution in [1.29, 1.82) is 0 Å². The SMILES string of the molecule is CC(C)c1[nH]ncc1-c1ccnc(NCCCCN(C)C)c1. The van der Waals surface area contributed by atoms with Gasteiger partial charge < -0.3 is 10.2 Å². The molecule has 2 aromatic rings. The average molecular weight is 301 g/mol. The molecule has 0 atom stereocenters. The van der Waals surface area contributed by atoms with Crippen molar-refractivity contribution in [2.24, 2.45) is 0 Å². The first kappa shape index (κ1) is 16.5. The first-order valence-corrected chi connectivity index (χ1v) is 7.96. The molecule has 0 aromatic carbocycles. The first-order valence-electron chi connectivity index (χ1n) is 7.96. The van der Waals surface area contributed by atoms with Crippen LogP contribution in [-0.4, -0.2) is 47.3 Å². The Morgan fingerprint density at radius 2 is 2.09 bits per heavy atom. The fourth-order valence-electron chi connectivity index (χ4n) is 2.43. The number of nitrogens with one attached hydrogen (secondary N) is 2. The van der Waals surface area contributed by atoms with Gasteiger partial charge in [0, 0.05) is 24.0 Å². The highest BCUT2D eigenvalue weighted by molar-refractivity contribution is 5.68. The third kappa shape index (κ3) is 4.56. The highest BCUT2D eigenvalue weighted by Crippen LogP contribution is 2.28. The van der Waals surface area contributed by atoms with Crippen LogP contribution in [0.2, 0.25) is 0 Å². The van der Waals surface area contributed by atoms with Gasteiger partial charge in [-0.05, 0) is 57.1 Å². The zero-order chi connectivity index (χ0) is 15.9. The van der Waals surface area contributed by atoms with Gasteiger partial charge in [0.1, 0.15) is 5.82 Å². The van der Waals surface area contributed by atoms with Crippen LogP contribution >= 0.6 is 0 Å². The summed E-state index contributed by atoms with van der Waals surface area (Å²) in [4.78, 5) is 6.62. The molecule has 0 saturated carbocycles. The molecule has 2 rings (SSSR count). The van der Waals surface area contributed by atoms with Crippen molar-refractivity contribution in [2.45, 2.75) is 32.6 Å². The van der Waals surface area contributed by atoms with Crippen LogP contribution in [0.1, 0.15) is 38.3 Å². The van der Waals surface area contributed by atoms with Crippen molar-refractivity contribution < 1.29 is 0 Å². The van der Waals surface area contributed by atoms with Gasteiger partial charge in [0.05, 0.1) is 6.20 Å². The van der Waals surface area contributed by atoms with Crippen LogP contribution in [0.5, 0.6) is 0 Å². The highest BCUT2D eigenvalue weighted by Gasteiger charge is 2.11. The molecule has 0 saturated heterocycles. The predicted octanol–water partition coefficient (Wildman–Crippen LogP) is 3.35. The topological polar surface area (TPSA) is 56.8 Å². The molecule has 5 nitrogen and oxygen atoms in total. The van der Waals surface area contributed by atoms with Crippen LogP contribution in [0.3, 0.4) is 0 Å². The van der Waals surface area contributed by atoms with Crippen molar-refractivity contribution in [1.82, 2.24) is 20.1 Å². The van der Waals surface area contributed by atoms with Crippen molar-refractivity contribution in [2.75, 3.05) is 32.5 Å². The van der Waals surface area contributed by atoms with Crippen LogP contribution in [0.25, 0.3) is 11.1 Å². The first-order chi connectivity index (χ1) is 10.6. The second-order valence-corrected chi connectivity index (χ2v) is 6.22.